The first kappa shape index (κ1) is 12.5. The van der Waals surface area contributed by atoms with Crippen LogP contribution < -0.4 is 9.47 Å². The van der Waals surface area contributed by atoms with E-state index >= 15 is 0 Å². The fraction of sp³-hybridized carbons (Fsp3) is 0.286. The highest BCUT2D eigenvalue weighted by atomic mass is 16.7. The van der Waals surface area contributed by atoms with Crippen LogP contribution in [0, 0.1) is 6.92 Å². The number of fused-ring (bicyclic) bond motifs is 1. The van der Waals surface area contributed by atoms with Crippen molar-refractivity contribution in [3.8, 4) is 22.8 Å². The van der Waals surface area contributed by atoms with E-state index in [1.165, 1.54) is 0 Å². The molecule has 1 aliphatic heterocycles. The number of aromatic nitrogens is 2. The Morgan fingerprint density at radius 1 is 1.40 bits per heavy atom. The molecule has 1 aromatic heterocycles. The van der Waals surface area contributed by atoms with Gasteiger partial charge in [-0.15, -0.1) is 0 Å². The SMILES string of the molecule is Cc1[nH]nc(-c2ccc3c(c2)OCO3)c1CCC(=O)O. The molecule has 6 nitrogen and oxygen atoms in total. The van der Waals surface area contributed by atoms with Crippen LogP contribution in [0.3, 0.4) is 0 Å². The Labute approximate surface area is 115 Å². The molecule has 1 aromatic carbocycles. The number of aromatic amines is 1. The lowest BCUT2D eigenvalue weighted by Crippen LogP contribution is -1.99. The summed E-state index contributed by atoms with van der Waals surface area (Å²) in [4.78, 5) is 10.7. The van der Waals surface area contributed by atoms with Gasteiger partial charge < -0.3 is 14.6 Å². The molecule has 0 saturated heterocycles. The number of carbonyl (C=O) groups is 1. The molecule has 0 saturated carbocycles. The third-order valence-electron chi connectivity index (χ3n) is 3.31. The fourth-order valence-electron chi connectivity index (χ4n) is 2.27. The maximum atomic E-state index is 10.7. The van der Waals surface area contributed by atoms with Crippen LogP contribution in [0.4, 0.5) is 0 Å². The molecule has 0 amide bonds. The first-order chi connectivity index (χ1) is 9.65. The van der Waals surface area contributed by atoms with Crippen molar-refractivity contribution in [2.45, 2.75) is 19.8 Å². The summed E-state index contributed by atoms with van der Waals surface area (Å²) < 4.78 is 10.6. The Hall–Kier alpha value is -2.50. The Morgan fingerprint density at radius 2 is 2.20 bits per heavy atom. The van der Waals surface area contributed by atoms with Gasteiger partial charge >= 0.3 is 5.97 Å². The van der Waals surface area contributed by atoms with Crippen molar-refractivity contribution in [1.29, 1.82) is 0 Å². The number of H-pyrrole nitrogens is 1. The number of benzene rings is 1. The van der Waals surface area contributed by atoms with Crippen molar-refractivity contribution in [2.24, 2.45) is 0 Å². The highest BCUT2D eigenvalue weighted by Gasteiger charge is 2.18. The van der Waals surface area contributed by atoms with Crippen LogP contribution in [-0.4, -0.2) is 28.1 Å². The number of ether oxygens (including phenoxy) is 2. The molecule has 0 atom stereocenters. The third-order valence-corrected chi connectivity index (χ3v) is 3.31. The van der Waals surface area contributed by atoms with E-state index in [-0.39, 0.29) is 13.2 Å². The number of nitrogens with zero attached hydrogens (tertiary/aromatic N) is 1. The Bertz CT molecular complexity index is 663. The monoisotopic (exact) mass is 274 g/mol. The van der Waals surface area contributed by atoms with E-state index in [1.807, 2.05) is 25.1 Å². The predicted molar refractivity (Wildman–Crippen MR) is 70.8 cm³/mol. The summed E-state index contributed by atoms with van der Waals surface area (Å²) in [6.45, 7) is 2.12. The van der Waals surface area contributed by atoms with Gasteiger partial charge in [0.1, 0.15) is 0 Å². The van der Waals surface area contributed by atoms with Gasteiger partial charge in [-0.3, -0.25) is 9.89 Å². The Balaban J connectivity index is 1.95. The van der Waals surface area contributed by atoms with Gasteiger partial charge in [0.15, 0.2) is 11.5 Å². The molecule has 1 aliphatic rings. The predicted octanol–water partition coefficient (Wildman–Crippen LogP) is 2.13. The van der Waals surface area contributed by atoms with Crippen molar-refractivity contribution in [2.75, 3.05) is 6.79 Å². The highest BCUT2D eigenvalue weighted by Crippen LogP contribution is 2.36. The Morgan fingerprint density at radius 3 is 3.00 bits per heavy atom. The summed E-state index contributed by atoms with van der Waals surface area (Å²) in [5.74, 6) is 0.586. The quantitative estimate of drug-likeness (QED) is 0.892. The van der Waals surface area contributed by atoms with Gasteiger partial charge in [0.25, 0.3) is 0 Å². The van der Waals surface area contributed by atoms with E-state index in [0.717, 1.165) is 22.5 Å². The van der Waals surface area contributed by atoms with Gasteiger partial charge in [0.2, 0.25) is 6.79 Å². The lowest BCUT2D eigenvalue weighted by molar-refractivity contribution is -0.136. The molecule has 0 spiro atoms. The van der Waals surface area contributed by atoms with Crippen LogP contribution in [0.25, 0.3) is 11.3 Å². The van der Waals surface area contributed by atoms with Gasteiger partial charge in [-0.25, -0.2) is 0 Å². The first-order valence-electron chi connectivity index (χ1n) is 6.31. The van der Waals surface area contributed by atoms with E-state index < -0.39 is 5.97 Å². The van der Waals surface area contributed by atoms with Crippen LogP contribution in [-0.2, 0) is 11.2 Å². The molecule has 0 bridgehead atoms. The second-order valence-corrected chi connectivity index (χ2v) is 4.64. The van der Waals surface area contributed by atoms with Crippen LogP contribution >= 0.6 is 0 Å². The normalized spacial score (nSPS) is 12.7. The maximum absolute atomic E-state index is 10.7. The van der Waals surface area contributed by atoms with Crippen molar-refractivity contribution < 1.29 is 19.4 Å². The van der Waals surface area contributed by atoms with Crippen molar-refractivity contribution in [1.82, 2.24) is 10.2 Å². The van der Waals surface area contributed by atoms with Crippen LogP contribution in [0.1, 0.15) is 17.7 Å². The largest absolute Gasteiger partial charge is 0.481 e. The van der Waals surface area contributed by atoms with Gasteiger partial charge in [-0.2, -0.15) is 5.10 Å². The number of carboxylic acid groups (broad SMARTS) is 1. The molecule has 20 heavy (non-hydrogen) atoms. The topological polar surface area (TPSA) is 84.4 Å². The van der Waals surface area contributed by atoms with Crippen molar-refractivity contribution in [3.05, 3.63) is 29.5 Å². The number of nitrogens with one attached hydrogen (secondary N) is 1. The van der Waals surface area contributed by atoms with Crippen LogP contribution in [0.5, 0.6) is 11.5 Å². The van der Waals surface area contributed by atoms with Gasteiger partial charge in [-0.05, 0) is 31.5 Å². The average Bonchev–Trinajstić information content (AvgIpc) is 3.01. The molecular formula is C14H14N2O4. The summed E-state index contributed by atoms with van der Waals surface area (Å²) >= 11 is 0. The van der Waals surface area contributed by atoms with Crippen LogP contribution in [0.15, 0.2) is 18.2 Å². The first-order valence-corrected chi connectivity index (χ1v) is 6.31. The molecular weight excluding hydrogens is 260 g/mol. The van der Waals surface area contributed by atoms with Gasteiger partial charge in [-0.1, -0.05) is 0 Å². The molecule has 0 aliphatic carbocycles. The lowest BCUT2D eigenvalue weighted by atomic mass is 10.0. The molecule has 6 heteroatoms. The van der Waals surface area contributed by atoms with E-state index in [0.29, 0.717) is 17.9 Å². The van der Waals surface area contributed by atoms with E-state index in [1.54, 1.807) is 0 Å². The lowest BCUT2D eigenvalue weighted by Gasteiger charge is -2.04. The van der Waals surface area contributed by atoms with E-state index in [2.05, 4.69) is 10.2 Å². The van der Waals surface area contributed by atoms with Crippen LogP contribution in [0.2, 0.25) is 0 Å². The molecule has 0 radical (unpaired) electrons. The summed E-state index contributed by atoms with van der Waals surface area (Å²) in [5.41, 5.74) is 3.46. The summed E-state index contributed by atoms with van der Waals surface area (Å²) in [5, 5.41) is 16.0. The van der Waals surface area contributed by atoms with Gasteiger partial charge in [0, 0.05) is 23.2 Å². The molecule has 2 N–H and O–H groups in total. The zero-order chi connectivity index (χ0) is 14.1. The van der Waals surface area contributed by atoms with E-state index in [9.17, 15) is 4.79 Å². The molecule has 2 heterocycles. The summed E-state index contributed by atoms with van der Waals surface area (Å²) in [6.07, 6.45) is 0.527. The second kappa shape index (κ2) is 4.88. The third kappa shape index (κ3) is 2.20. The molecule has 104 valence electrons. The maximum Gasteiger partial charge on any atom is 0.303 e. The standard InChI is InChI=1S/C14H14N2O4/c1-8-10(3-5-13(17)18)14(16-15-8)9-2-4-11-12(6-9)20-7-19-11/h2,4,6H,3,5,7H2,1H3,(H,15,16)(H,17,18). The summed E-state index contributed by atoms with van der Waals surface area (Å²) in [7, 11) is 0. The minimum Gasteiger partial charge on any atom is -0.481 e. The highest BCUT2D eigenvalue weighted by molar-refractivity contribution is 5.70. The molecule has 2 aromatic rings. The van der Waals surface area contributed by atoms with Crippen molar-refractivity contribution >= 4 is 5.97 Å². The van der Waals surface area contributed by atoms with E-state index in [4.69, 9.17) is 14.6 Å². The number of aryl methyl sites for hydroxylation is 1. The number of hydrogen-bond acceptors (Lipinski definition) is 4. The molecule has 0 unspecified atom stereocenters. The number of carboxylic acids is 1. The minimum atomic E-state index is -0.817. The van der Waals surface area contributed by atoms with Gasteiger partial charge in [0.05, 0.1) is 5.69 Å². The Kier molecular flexibility index (Phi) is 3.06. The number of aliphatic carboxylic acids is 1. The second-order valence-electron chi connectivity index (χ2n) is 4.64. The molecule has 0 fully saturated rings. The number of rotatable bonds is 4. The molecule has 3 rings (SSSR count). The fourth-order valence-corrected chi connectivity index (χ4v) is 2.27. The average molecular weight is 274 g/mol. The zero-order valence-corrected chi connectivity index (χ0v) is 11.0. The number of hydrogen-bond donors (Lipinski definition) is 2. The zero-order valence-electron chi connectivity index (χ0n) is 11.0. The van der Waals surface area contributed by atoms with Crippen molar-refractivity contribution in [3.63, 3.8) is 0 Å². The summed E-state index contributed by atoms with van der Waals surface area (Å²) in [6, 6.07) is 5.60. The minimum absolute atomic E-state index is 0.0813. The smallest absolute Gasteiger partial charge is 0.303 e.